The van der Waals surface area contributed by atoms with Crippen LogP contribution in [0.3, 0.4) is 0 Å². The molecule has 4 rings (SSSR count). The van der Waals surface area contributed by atoms with Gasteiger partial charge in [-0.15, -0.1) is 0 Å². The fraction of sp³-hybridized carbons (Fsp3) is 0.350. The summed E-state index contributed by atoms with van der Waals surface area (Å²) in [6, 6.07) is 10.5. The minimum atomic E-state index is -0.0306. The molecule has 3 aromatic rings. The van der Waals surface area contributed by atoms with Crippen molar-refractivity contribution in [2.45, 2.75) is 19.9 Å². The van der Waals surface area contributed by atoms with Crippen LogP contribution in [-0.4, -0.2) is 40.7 Å². The number of nitrogens with zero attached hydrogens (tertiary/aromatic N) is 4. The topological polar surface area (TPSA) is 63.1 Å². The van der Waals surface area contributed by atoms with Gasteiger partial charge >= 0.3 is 0 Å². The molecule has 2 aromatic heterocycles. The number of nitrogens with one attached hydrogen (secondary N) is 1. The van der Waals surface area contributed by atoms with E-state index < -0.39 is 0 Å². The van der Waals surface area contributed by atoms with Crippen LogP contribution in [0.5, 0.6) is 0 Å². The highest BCUT2D eigenvalue weighted by Gasteiger charge is 2.11. The van der Waals surface area contributed by atoms with Gasteiger partial charge in [0.2, 0.25) is 0 Å². The summed E-state index contributed by atoms with van der Waals surface area (Å²) in [6.45, 7) is 6.76. The fourth-order valence-corrected chi connectivity index (χ4v) is 3.37. The molecule has 1 aromatic carbocycles. The van der Waals surface area contributed by atoms with Crippen LogP contribution in [0.25, 0.3) is 10.9 Å². The first-order chi connectivity index (χ1) is 12.7. The first-order valence-electron chi connectivity index (χ1n) is 9.14. The molecule has 3 heterocycles. The molecule has 0 bridgehead atoms. The van der Waals surface area contributed by atoms with Crippen molar-refractivity contribution in [1.29, 1.82) is 0 Å². The Morgan fingerprint density at radius 1 is 1.12 bits per heavy atom. The van der Waals surface area contributed by atoms with Crippen LogP contribution >= 0.6 is 0 Å². The van der Waals surface area contributed by atoms with Crippen molar-refractivity contribution in [1.82, 2.24) is 19.9 Å². The second kappa shape index (κ2) is 7.25. The molecule has 134 valence electrons. The van der Waals surface area contributed by atoms with E-state index in [1.807, 2.05) is 13.0 Å². The molecule has 6 nitrogen and oxygen atoms in total. The summed E-state index contributed by atoms with van der Waals surface area (Å²) in [7, 11) is 0. The van der Waals surface area contributed by atoms with E-state index in [2.05, 4.69) is 44.5 Å². The van der Waals surface area contributed by atoms with Crippen LogP contribution in [0.15, 0.2) is 47.5 Å². The number of piperazine rings is 1. The van der Waals surface area contributed by atoms with Gasteiger partial charge in [-0.25, -0.2) is 9.97 Å². The molecular formula is C20H23N5O. The molecule has 1 N–H and O–H groups in total. The van der Waals surface area contributed by atoms with Gasteiger partial charge in [0.25, 0.3) is 5.56 Å². The molecule has 26 heavy (non-hydrogen) atoms. The molecule has 6 heteroatoms. The Labute approximate surface area is 152 Å². The highest BCUT2D eigenvalue weighted by Crippen LogP contribution is 2.17. The predicted octanol–water partition coefficient (Wildman–Crippen LogP) is 1.81. The Morgan fingerprint density at radius 3 is 2.62 bits per heavy atom. The van der Waals surface area contributed by atoms with Gasteiger partial charge in [-0.3, -0.25) is 4.79 Å². The van der Waals surface area contributed by atoms with Crippen molar-refractivity contribution < 1.29 is 0 Å². The third-order valence-corrected chi connectivity index (χ3v) is 4.89. The zero-order chi connectivity index (χ0) is 17.9. The molecule has 0 atom stereocenters. The number of rotatable bonds is 4. The number of hydrogen-bond acceptors (Lipinski definition) is 5. The predicted molar refractivity (Wildman–Crippen MR) is 104 cm³/mol. The van der Waals surface area contributed by atoms with E-state index >= 15 is 0 Å². The lowest BCUT2D eigenvalue weighted by Crippen LogP contribution is -2.43. The van der Waals surface area contributed by atoms with Crippen molar-refractivity contribution in [3.8, 4) is 0 Å². The minimum absolute atomic E-state index is 0.0306. The molecule has 0 aliphatic carbocycles. The van der Waals surface area contributed by atoms with Crippen LogP contribution in [0.4, 0.5) is 5.69 Å². The molecule has 0 radical (unpaired) electrons. The van der Waals surface area contributed by atoms with Gasteiger partial charge in [-0.05, 0) is 30.7 Å². The van der Waals surface area contributed by atoms with Crippen LogP contribution in [-0.2, 0) is 13.0 Å². The average Bonchev–Trinajstić information content (AvgIpc) is 2.69. The maximum absolute atomic E-state index is 12.3. The molecule has 1 fully saturated rings. The third-order valence-electron chi connectivity index (χ3n) is 4.89. The molecule has 0 amide bonds. The van der Waals surface area contributed by atoms with Gasteiger partial charge in [0, 0.05) is 57.2 Å². The van der Waals surface area contributed by atoms with Crippen LogP contribution in [0, 0.1) is 0 Å². The second-order valence-corrected chi connectivity index (χ2v) is 6.57. The molecule has 0 spiro atoms. The highest BCUT2D eigenvalue weighted by molar-refractivity contribution is 5.76. The Kier molecular flexibility index (Phi) is 4.67. The van der Waals surface area contributed by atoms with E-state index in [0.717, 1.165) is 32.0 Å². The molecule has 1 saturated heterocycles. The van der Waals surface area contributed by atoms with E-state index in [9.17, 15) is 4.79 Å². The quantitative estimate of drug-likeness (QED) is 0.778. The Morgan fingerprint density at radius 2 is 1.88 bits per heavy atom. The van der Waals surface area contributed by atoms with Gasteiger partial charge in [0.05, 0.1) is 10.9 Å². The monoisotopic (exact) mass is 349 g/mol. The standard InChI is InChI=1S/C20H23N5O/c1-2-24-10-7-18-17(20(24)26)14-22-19(23-18)13-15-3-5-16(6-4-15)25-11-8-21-9-12-25/h3-7,10,14,21H,2,8-9,11-13H2,1H3. The molecular weight excluding hydrogens is 326 g/mol. The Hall–Kier alpha value is -2.73. The van der Waals surface area contributed by atoms with E-state index in [1.54, 1.807) is 17.0 Å². The van der Waals surface area contributed by atoms with Crippen molar-refractivity contribution in [3.63, 3.8) is 0 Å². The van der Waals surface area contributed by atoms with E-state index in [0.29, 0.717) is 23.9 Å². The van der Waals surface area contributed by atoms with E-state index in [-0.39, 0.29) is 5.56 Å². The molecule has 0 unspecified atom stereocenters. The number of benzene rings is 1. The van der Waals surface area contributed by atoms with Gasteiger partial charge < -0.3 is 14.8 Å². The summed E-state index contributed by atoms with van der Waals surface area (Å²) >= 11 is 0. The SMILES string of the molecule is CCn1ccc2nc(Cc3ccc(N4CCNCC4)cc3)ncc2c1=O. The smallest absolute Gasteiger partial charge is 0.261 e. The third kappa shape index (κ3) is 3.32. The second-order valence-electron chi connectivity index (χ2n) is 6.57. The fourth-order valence-electron chi connectivity index (χ4n) is 3.37. The molecule has 1 aliphatic rings. The summed E-state index contributed by atoms with van der Waals surface area (Å²) in [5.41, 5.74) is 3.11. The molecule has 1 aliphatic heterocycles. The zero-order valence-corrected chi connectivity index (χ0v) is 15.0. The molecule has 0 saturated carbocycles. The van der Waals surface area contributed by atoms with Gasteiger partial charge in [0.15, 0.2) is 0 Å². The number of pyridine rings is 1. The van der Waals surface area contributed by atoms with Gasteiger partial charge in [-0.1, -0.05) is 12.1 Å². The number of aromatic nitrogens is 3. The van der Waals surface area contributed by atoms with Crippen molar-refractivity contribution >= 4 is 16.6 Å². The zero-order valence-electron chi connectivity index (χ0n) is 15.0. The lowest BCUT2D eigenvalue weighted by molar-refractivity contribution is 0.589. The van der Waals surface area contributed by atoms with E-state index in [1.165, 1.54) is 11.3 Å². The summed E-state index contributed by atoms with van der Waals surface area (Å²) in [5, 5.41) is 3.95. The number of hydrogen-bond donors (Lipinski definition) is 1. The highest BCUT2D eigenvalue weighted by atomic mass is 16.1. The van der Waals surface area contributed by atoms with Gasteiger partial charge in [0.1, 0.15) is 5.82 Å². The van der Waals surface area contributed by atoms with Crippen molar-refractivity contribution in [2.24, 2.45) is 0 Å². The summed E-state index contributed by atoms with van der Waals surface area (Å²) in [4.78, 5) is 23.7. The minimum Gasteiger partial charge on any atom is -0.369 e. The summed E-state index contributed by atoms with van der Waals surface area (Å²) < 4.78 is 1.67. The summed E-state index contributed by atoms with van der Waals surface area (Å²) in [6.07, 6.45) is 4.11. The first-order valence-corrected chi connectivity index (χ1v) is 9.14. The Balaban J connectivity index is 1.54. The van der Waals surface area contributed by atoms with Crippen LogP contribution in [0.2, 0.25) is 0 Å². The van der Waals surface area contributed by atoms with Crippen molar-refractivity contribution in [3.05, 3.63) is 64.5 Å². The lowest BCUT2D eigenvalue weighted by Gasteiger charge is -2.29. The Bertz CT molecular complexity index is 958. The maximum atomic E-state index is 12.3. The lowest BCUT2D eigenvalue weighted by atomic mass is 10.1. The number of fused-ring (bicyclic) bond motifs is 1. The number of anilines is 1. The normalized spacial score (nSPS) is 14.7. The van der Waals surface area contributed by atoms with Crippen molar-refractivity contribution in [2.75, 3.05) is 31.1 Å². The first kappa shape index (κ1) is 16.7. The largest absolute Gasteiger partial charge is 0.369 e. The van der Waals surface area contributed by atoms with Crippen LogP contribution in [0.1, 0.15) is 18.3 Å². The maximum Gasteiger partial charge on any atom is 0.261 e. The average molecular weight is 349 g/mol. The van der Waals surface area contributed by atoms with Crippen LogP contribution < -0.4 is 15.8 Å². The van der Waals surface area contributed by atoms with Gasteiger partial charge in [-0.2, -0.15) is 0 Å². The van der Waals surface area contributed by atoms with E-state index in [4.69, 9.17) is 0 Å². The summed E-state index contributed by atoms with van der Waals surface area (Å²) in [5.74, 6) is 0.737. The number of aryl methyl sites for hydroxylation is 1.